The summed E-state index contributed by atoms with van der Waals surface area (Å²) in [6, 6.07) is 20.3. The number of hydrogen-bond donors (Lipinski definition) is 4. The number of hydrogen-bond acceptors (Lipinski definition) is 6. The average Bonchev–Trinajstić information content (AvgIpc) is 2.95. The third-order valence-electron chi connectivity index (χ3n) is 5.88. The number of anilines is 2. The zero-order valence-corrected chi connectivity index (χ0v) is 21.4. The third-order valence-corrected chi connectivity index (χ3v) is 7.72. The van der Waals surface area contributed by atoms with E-state index in [1.54, 1.807) is 36.4 Å². The predicted octanol–water partition coefficient (Wildman–Crippen LogP) is 5.72. The minimum atomic E-state index is -4.50. The van der Waals surface area contributed by atoms with Gasteiger partial charge in [-0.05, 0) is 59.7 Å². The molecule has 0 bridgehead atoms. The zero-order chi connectivity index (χ0) is 28.2. The summed E-state index contributed by atoms with van der Waals surface area (Å²) >= 11 is 0. The zero-order valence-electron chi connectivity index (χ0n) is 20.6. The molecule has 4 N–H and O–H groups in total. The molecule has 0 heterocycles. The van der Waals surface area contributed by atoms with Gasteiger partial charge in [0.25, 0.3) is 11.8 Å². The minimum Gasteiger partial charge on any atom is -0.506 e. The molecule has 0 aliphatic heterocycles. The van der Waals surface area contributed by atoms with E-state index in [-0.39, 0.29) is 22.5 Å². The van der Waals surface area contributed by atoms with Gasteiger partial charge in [0.2, 0.25) is 9.84 Å². The first-order chi connectivity index (χ1) is 18.6. The molecule has 0 atom stereocenters. The Bertz CT molecular complexity index is 1570. The van der Waals surface area contributed by atoms with Gasteiger partial charge in [-0.1, -0.05) is 61.7 Å². The summed E-state index contributed by atoms with van der Waals surface area (Å²) in [6.45, 7) is 7.32. The molecule has 8 nitrogen and oxygen atoms in total. The van der Waals surface area contributed by atoms with Gasteiger partial charge in [-0.15, -0.1) is 0 Å². The van der Waals surface area contributed by atoms with Crippen molar-refractivity contribution in [2.45, 2.75) is 9.79 Å². The fourth-order valence-corrected chi connectivity index (χ4v) is 5.37. The quantitative estimate of drug-likeness (QED) is 0.211. The van der Waals surface area contributed by atoms with Crippen molar-refractivity contribution in [3.63, 3.8) is 0 Å². The van der Waals surface area contributed by atoms with Crippen molar-refractivity contribution < 1.29 is 28.2 Å². The van der Waals surface area contributed by atoms with Crippen LogP contribution in [-0.2, 0) is 9.84 Å². The molecule has 0 radical (unpaired) electrons. The number of sulfone groups is 1. The van der Waals surface area contributed by atoms with Gasteiger partial charge in [0.05, 0.1) is 9.79 Å². The number of rotatable bonds is 8. The monoisotopic (exact) mass is 540 g/mol. The van der Waals surface area contributed by atoms with Gasteiger partial charge < -0.3 is 20.8 Å². The number of benzene rings is 4. The van der Waals surface area contributed by atoms with E-state index in [2.05, 4.69) is 23.8 Å². The molecule has 0 spiro atoms. The molecule has 4 rings (SSSR count). The van der Waals surface area contributed by atoms with Crippen LogP contribution in [0.25, 0.3) is 12.2 Å². The number of phenols is 2. The molecule has 9 heteroatoms. The minimum absolute atomic E-state index is 0.222. The van der Waals surface area contributed by atoms with Crippen LogP contribution in [0, 0.1) is 0 Å². The van der Waals surface area contributed by atoms with Crippen molar-refractivity contribution in [3.05, 3.63) is 120 Å². The maximum absolute atomic E-state index is 13.8. The standard InChI is InChI=1S/C30H24N2O6S/c1-3-19-11-15-21(16-12-19)29(35)31-27-23(33)7-5-9-25(27)39(37,38)26-10-6-8-24(34)28(26)32-30(36)22-17-13-20(4-2)14-18-22/h3-18,33-34H,1-2H2,(H,31,35)(H,32,36). The van der Waals surface area contributed by atoms with Gasteiger partial charge in [-0.2, -0.15) is 0 Å². The second-order valence-corrected chi connectivity index (χ2v) is 10.3. The summed E-state index contributed by atoms with van der Waals surface area (Å²) in [4.78, 5) is 24.9. The van der Waals surface area contributed by atoms with E-state index in [0.29, 0.717) is 0 Å². The highest BCUT2D eigenvalue weighted by atomic mass is 32.2. The number of para-hydroxylation sites is 2. The largest absolute Gasteiger partial charge is 0.506 e. The summed E-state index contributed by atoms with van der Waals surface area (Å²) in [5.41, 5.74) is 1.31. The first-order valence-electron chi connectivity index (χ1n) is 11.6. The van der Waals surface area contributed by atoms with Crippen LogP contribution in [0.4, 0.5) is 11.4 Å². The molecule has 39 heavy (non-hydrogen) atoms. The van der Waals surface area contributed by atoms with E-state index in [9.17, 15) is 28.2 Å². The van der Waals surface area contributed by atoms with E-state index in [1.165, 1.54) is 60.7 Å². The Morgan fingerprint density at radius 2 is 0.974 bits per heavy atom. The Balaban J connectivity index is 1.73. The van der Waals surface area contributed by atoms with Crippen LogP contribution in [-0.4, -0.2) is 30.4 Å². The lowest BCUT2D eigenvalue weighted by atomic mass is 10.1. The molecule has 2 amide bonds. The summed E-state index contributed by atoms with van der Waals surface area (Å²) < 4.78 is 27.7. The van der Waals surface area contributed by atoms with E-state index in [4.69, 9.17) is 0 Å². The van der Waals surface area contributed by atoms with Crippen LogP contribution in [0.15, 0.2) is 108 Å². The van der Waals surface area contributed by atoms with E-state index in [0.717, 1.165) is 11.1 Å². The average molecular weight is 541 g/mol. The van der Waals surface area contributed by atoms with Gasteiger partial charge in [-0.25, -0.2) is 8.42 Å². The van der Waals surface area contributed by atoms with Gasteiger partial charge in [0, 0.05) is 11.1 Å². The summed E-state index contributed by atoms with van der Waals surface area (Å²) in [6.07, 6.45) is 3.22. The smallest absolute Gasteiger partial charge is 0.255 e. The Kier molecular flexibility index (Phi) is 7.64. The molecule has 4 aromatic carbocycles. The molecular formula is C30H24N2O6S. The Morgan fingerprint density at radius 3 is 1.31 bits per heavy atom. The number of aromatic hydroxyl groups is 2. The third kappa shape index (κ3) is 5.58. The maximum Gasteiger partial charge on any atom is 0.255 e. The molecule has 196 valence electrons. The second kappa shape index (κ2) is 11.1. The summed E-state index contributed by atoms with van der Waals surface area (Å²) in [7, 11) is -4.50. The fraction of sp³-hybridized carbons (Fsp3) is 0. The Labute approximate surface area is 225 Å². The number of nitrogens with one attached hydrogen (secondary N) is 2. The topological polar surface area (TPSA) is 133 Å². The van der Waals surface area contributed by atoms with Crippen LogP contribution in [0.2, 0.25) is 0 Å². The van der Waals surface area contributed by atoms with Crippen LogP contribution in [0.3, 0.4) is 0 Å². The molecule has 0 aliphatic rings. The molecule has 0 saturated carbocycles. The summed E-state index contributed by atoms with van der Waals surface area (Å²) in [5, 5.41) is 26.0. The highest BCUT2D eigenvalue weighted by Crippen LogP contribution is 2.39. The molecule has 0 fully saturated rings. The van der Waals surface area contributed by atoms with E-state index < -0.39 is 42.9 Å². The fourth-order valence-electron chi connectivity index (χ4n) is 3.77. The normalized spacial score (nSPS) is 10.9. The lowest BCUT2D eigenvalue weighted by molar-refractivity contribution is 0.101. The number of carbonyl (C=O) groups is 2. The van der Waals surface area contributed by atoms with E-state index in [1.807, 2.05) is 0 Å². The number of amides is 2. The second-order valence-electron chi connectivity index (χ2n) is 8.36. The van der Waals surface area contributed by atoms with Gasteiger partial charge in [0.1, 0.15) is 22.9 Å². The summed E-state index contributed by atoms with van der Waals surface area (Å²) in [5.74, 6) is -2.28. The van der Waals surface area contributed by atoms with Crippen LogP contribution in [0.5, 0.6) is 11.5 Å². The first kappa shape index (κ1) is 26.9. The predicted molar refractivity (Wildman–Crippen MR) is 151 cm³/mol. The van der Waals surface area contributed by atoms with Crippen molar-refractivity contribution in [1.82, 2.24) is 0 Å². The number of phenolic OH excluding ortho intramolecular Hbond substituents is 2. The molecule has 4 aromatic rings. The van der Waals surface area contributed by atoms with E-state index >= 15 is 0 Å². The maximum atomic E-state index is 13.8. The van der Waals surface area contributed by atoms with Crippen molar-refractivity contribution in [2.24, 2.45) is 0 Å². The molecule has 0 saturated heterocycles. The van der Waals surface area contributed by atoms with Crippen LogP contribution in [0.1, 0.15) is 31.8 Å². The van der Waals surface area contributed by atoms with Crippen molar-refractivity contribution in [3.8, 4) is 11.5 Å². The highest BCUT2D eigenvalue weighted by Gasteiger charge is 2.29. The number of carbonyl (C=O) groups excluding carboxylic acids is 2. The van der Waals surface area contributed by atoms with Gasteiger partial charge in [0.15, 0.2) is 0 Å². The van der Waals surface area contributed by atoms with Crippen molar-refractivity contribution >= 4 is 45.2 Å². The lowest BCUT2D eigenvalue weighted by Gasteiger charge is -2.17. The molecule has 0 aliphatic carbocycles. The van der Waals surface area contributed by atoms with Crippen molar-refractivity contribution in [2.75, 3.05) is 10.6 Å². The van der Waals surface area contributed by atoms with Gasteiger partial charge >= 0.3 is 0 Å². The first-order valence-corrected chi connectivity index (χ1v) is 13.1. The lowest BCUT2D eigenvalue weighted by Crippen LogP contribution is -2.17. The van der Waals surface area contributed by atoms with Crippen molar-refractivity contribution in [1.29, 1.82) is 0 Å². The molecular weight excluding hydrogens is 516 g/mol. The highest BCUT2D eigenvalue weighted by molar-refractivity contribution is 7.91. The Hall–Kier alpha value is -5.15. The van der Waals surface area contributed by atoms with Crippen LogP contribution >= 0.6 is 0 Å². The molecule has 0 unspecified atom stereocenters. The van der Waals surface area contributed by atoms with Crippen LogP contribution < -0.4 is 10.6 Å². The SMILES string of the molecule is C=Cc1ccc(C(=O)Nc2c(O)cccc2S(=O)(=O)c2cccc(O)c2NC(=O)c2ccc(C=C)cc2)cc1. The van der Waals surface area contributed by atoms with Gasteiger partial charge in [-0.3, -0.25) is 9.59 Å². The molecule has 0 aromatic heterocycles. The Morgan fingerprint density at radius 1 is 0.615 bits per heavy atom.